The number of amides is 2. The highest BCUT2D eigenvalue weighted by molar-refractivity contribution is 6.53. The fourth-order valence-corrected chi connectivity index (χ4v) is 4.70. The van der Waals surface area contributed by atoms with E-state index < -0.39 is 33.8 Å². The Morgan fingerprint density at radius 3 is 2.41 bits per heavy atom. The predicted molar refractivity (Wildman–Crippen MR) is 115 cm³/mol. The summed E-state index contributed by atoms with van der Waals surface area (Å²) < 4.78 is 12.0. The van der Waals surface area contributed by atoms with Crippen molar-refractivity contribution in [2.24, 2.45) is 5.92 Å². The topological polar surface area (TPSA) is 58.2 Å². The van der Waals surface area contributed by atoms with Gasteiger partial charge >= 0.3 is 0 Å². The normalized spacial score (nSPS) is 19.6. The number of rotatable bonds is 5. The molecule has 29 heavy (non-hydrogen) atoms. The van der Waals surface area contributed by atoms with Crippen LogP contribution in [0.4, 0.5) is 10.1 Å². The van der Waals surface area contributed by atoms with Crippen LogP contribution in [0.5, 0.6) is 0 Å². The maximum atomic E-state index is 13.4. The third-order valence-corrected chi connectivity index (χ3v) is 6.49. The number of benzene rings is 2. The maximum absolute atomic E-state index is 13.4. The Morgan fingerprint density at radius 1 is 1.10 bits per heavy atom. The van der Waals surface area contributed by atoms with Gasteiger partial charge in [-0.2, -0.15) is 0 Å². The van der Waals surface area contributed by atoms with E-state index in [1.165, 1.54) is 30.3 Å². The molecule has 0 unspecified atom stereocenters. The van der Waals surface area contributed by atoms with E-state index in [9.17, 15) is 14.0 Å². The van der Waals surface area contributed by atoms with Crippen LogP contribution in [0.25, 0.3) is 0 Å². The monoisotopic (exact) mass is 496 g/mol. The molecule has 0 aliphatic heterocycles. The van der Waals surface area contributed by atoms with Gasteiger partial charge in [0.2, 0.25) is 5.91 Å². The Bertz CT molecular complexity index is 999. The molecule has 2 aromatic rings. The lowest BCUT2D eigenvalue weighted by Gasteiger charge is -2.12. The summed E-state index contributed by atoms with van der Waals surface area (Å²) >= 11 is 30.8. The number of hydrogen-bond donors (Lipinski definition) is 2. The molecule has 0 bridgehead atoms. The first-order valence-electron chi connectivity index (χ1n) is 8.49. The largest absolute Gasteiger partial charge is 0.352 e. The molecule has 1 aliphatic rings. The maximum Gasteiger partial charge on any atom is 0.254 e. The number of carbonyl (C=O) groups is 2. The van der Waals surface area contributed by atoms with Gasteiger partial charge in [0.25, 0.3) is 5.91 Å². The summed E-state index contributed by atoms with van der Waals surface area (Å²) in [6.45, 7) is 2.13. The molecule has 0 aromatic heterocycles. The molecule has 0 saturated heterocycles. The second-order valence-electron chi connectivity index (χ2n) is 6.44. The fraction of sp³-hybridized carbons (Fsp3) is 0.263. The van der Waals surface area contributed by atoms with Crippen LogP contribution in [0.15, 0.2) is 30.3 Å². The van der Waals surface area contributed by atoms with Gasteiger partial charge in [-0.25, -0.2) is 4.39 Å². The molecule has 10 heteroatoms. The van der Waals surface area contributed by atoms with Crippen LogP contribution >= 0.6 is 58.0 Å². The van der Waals surface area contributed by atoms with Gasteiger partial charge < -0.3 is 10.6 Å². The Kier molecular flexibility index (Phi) is 6.56. The zero-order valence-corrected chi connectivity index (χ0v) is 18.6. The first kappa shape index (κ1) is 22.4. The molecule has 2 atom stereocenters. The van der Waals surface area contributed by atoms with E-state index in [1.807, 2.05) is 0 Å². The Hall–Kier alpha value is -1.24. The van der Waals surface area contributed by atoms with Crippen molar-refractivity contribution in [3.05, 3.63) is 62.3 Å². The molecule has 1 aliphatic carbocycles. The van der Waals surface area contributed by atoms with Gasteiger partial charge in [0.15, 0.2) is 0 Å². The van der Waals surface area contributed by atoms with Gasteiger partial charge in [-0.05, 0) is 36.8 Å². The second kappa shape index (κ2) is 8.48. The summed E-state index contributed by atoms with van der Waals surface area (Å²) in [5.41, 5.74) is 0.773. The van der Waals surface area contributed by atoms with Gasteiger partial charge in [-0.15, -0.1) is 23.2 Å². The number of alkyl halides is 2. The fourth-order valence-electron chi connectivity index (χ4n) is 3.09. The SMILES string of the molecule is CCNC(=O)c1c(Cl)ccc(NC(=O)[C@H]2[C@H](c3ccc(F)c(Cl)c3)C2(Cl)Cl)c1Cl. The minimum absolute atomic E-state index is 0.00595. The van der Waals surface area contributed by atoms with E-state index >= 15 is 0 Å². The molecule has 154 valence electrons. The highest BCUT2D eigenvalue weighted by Crippen LogP contribution is 2.65. The lowest BCUT2D eigenvalue weighted by Crippen LogP contribution is -2.24. The van der Waals surface area contributed by atoms with Crippen molar-refractivity contribution >= 4 is 75.5 Å². The van der Waals surface area contributed by atoms with E-state index in [-0.39, 0.29) is 26.3 Å². The van der Waals surface area contributed by atoms with Gasteiger partial charge in [0, 0.05) is 12.5 Å². The van der Waals surface area contributed by atoms with Crippen LogP contribution in [0.1, 0.15) is 28.8 Å². The van der Waals surface area contributed by atoms with Crippen molar-refractivity contribution < 1.29 is 14.0 Å². The van der Waals surface area contributed by atoms with Crippen molar-refractivity contribution in [1.29, 1.82) is 0 Å². The van der Waals surface area contributed by atoms with Crippen molar-refractivity contribution in [2.45, 2.75) is 17.2 Å². The van der Waals surface area contributed by atoms with Crippen molar-refractivity contribution in [1.82, 2.24) is 5.32 Å². The lowest BCUT2D eigenvalue weighted by atomic mass is 10.1. The zero-order chi connectivity index (χ0) is 21.5. The number of hydrogen-bond acceptors (Lipinski definition) is 2. The Labute approximate surface area is 191 Å². The van der Waals surface area contributed by atoms with Crippen LogP contribution in [0.3, 0.4) is 0 Å². The van der Waals surface area contributed by atoms with Crippen molar-refractivity contribution in [2.75, 3.05) is 11.9 Å². The summed E-state index contributed by atoms with van der Waals surface area (Å²) in [4.78, 5) is 25.0. The average Bonchev–Trinajstić information content (AvgIpc) is 3.22. The van der Waals surface area contributed by atoms with Crippen LogP contribution in [0, 0.1) is 11.7 Å². The van der Waals surface area contributed by atoms with Crippen LogP contribution in [-0.2, 0) is 4.79 Å². The van der Waals surface area contributed by atoms with Gasteiger partial charge in [-0.3, -0.25) is 9.59 Å². The van der Waals surface area contributed by atoms with Gasteiger partial charge in [0.05, 0.1) is 32.2 Å². The zero-order valence-electron chi connectivity index (χ0n) is 14.8. The molecule has 2 N–H and O–H groups in total. The van der Waals surface area contributed by atoms with E-state index in [0.717, 1.165) is 0 Å². The minimum atomic E-state index is -1.40. The average molecular weight is 499 g/mol. The first-order chi connectivity index (χ1) is 13.6. The Morgan fingerprint density at radius 2 is 1.79 bits per heavy atom. The Balaban J connectivity index is 1.84. The third-order valence-electron chi connectivity index (χ3n) is 4.55. The van der Waals surface area contributed by atoms with Crippen molar-refractivity contribution in [3.8, 4) is 0 Å². The molecule has 4 nitrogen and oxygen atoms in total. The molecule has 0 spiro atoms. The number of halogens is 6. The van der Waals surface area contributed by atoms with Crippen LogP contribution < -0.4 is 10.6 Å². The molecule has 0 radical (unpaired) electrons. The summed E-state index contributed by atoms with van der Waals surface area (Å²) in [6.07, 6.45) is 0. The molecular weight excluding hydrogens is 484 g/mol. The van der Waals surface area contributed by atoms with Crippen LogP contribution in [-0.4, -0.2) is 22.7 Å². The van der Waals surface area contributed by atoms with E-state index in [0.29, 0.717) is 12.1 Å². The summed E-state index contributed by atoms with van der Waals surface area (Å²) in [6, 6.07) is 6.97. The summed E-state index contributed by atoms with van der Waals surface area (Å²) in [5, 5.41) is 5.29. The molecule has 2 amide bonds. The molecule has 2 aromatic carbocycles. The summed E-state index contributed by atoms with van der Waals surface area (Å²) in [7, 11) is 0. The van der Waals surface area contributed by atoms with Crippen LogP contribution in [0.2, 0.25) is 15.1 Å². The number of carbonyl (C=O) groups excluding carboxylic acids is 2. The number of nitrogens with one attached hydrogen (secondary N) is 2. The molecule has 0 heterocycles. The highest BCUT2D eigenvalue weighted by atomic mass is 35.5. The quantitative estimate of drug-likeness (QED) is 0.492. The third kappa shape index (κ3) is 4.30. The molecule has 3 rings (SSSR count). The second-order valence-corrected chi connectivity index (χ2v) is 9.07. The van der Waals surface area contributed by atoms with Gasteiger partial charge in [-0.1, -0.05) is 40.9 Å². The molecule has 1 saturated carbocycles. The first-order valence-corrected chi connectivity index (χ1v) is 10.4. The smallest absolute Gasteiger partial charge is 0.254 e. The molecular formula is C19H14Cl5FN2O2. The minimum Gasteiger partial charge on any atom is -0.352 e. The molecule has 1 fully saturated rings. The standard InChI is InChI=1S/C19H14Cl5FN2O2/c1-2-26-17(28)13-9(20)4-6-12(16(13)22)27-18(29)15-14(19(15,23)24)8-3-5-11(25)10(21)7-8/h3-7,14-15H,2H2,1H3,(H,26,28)(H,27,29)/t14-,15+/m0/s1. The van der Waals surface area contributed by atoms with E-state index in [4.69, 9.17) is 58.0 Å². The van der Waals surface area contributed by atoms with Gasteiger partial charge in [0.1, 0.15) is 10.2 Å². The number of anilines is 1. The van der Waals surface area contributed by atoms with E-state index in [2.05, 4.69) is 10.6 Å². The predicted octanol–water partition coefficient (Wildman–Crippen LogP) is 6.06. The highest BCUT2D eigenvalue weighted by Gasteiger charge is 2.67. The summed E-state index contributed by atoms with van der Waals surface area (Å²) in [5.74, 6) is -2.97. The van der Waals surface area contributed by atoms with E-state index in [1.54, 1.807) is 6.92 Å². The lowest BCUT2D eigenvalue weighted by molar-refractivity contribution is -0.117. The van der Waals surface area contributed by atoms with Crippen molar-refractivity contribution in [3.63, 3.8) is 0 Å².